The van der Waals surface area contributed by atoms with Crippen LogP contribution in [0.4, 0.5) is 0 Å². The van der Waals surface area contributed by atoms with Crippen molar-refractivity contribution >= 4 is 35.2 Å². The first-order valence-electron chi connectivity index (χ1n) is 16.0. The summed E-state index contributed by atoms with van der Waals surface area (Å²) in [5.74, 6) is 1.58. The number of rotatable bonds is 10. The SMILES string of the molecule is CCCCCc1ccc(/C=C2/N=C(N=C3N/C(=C/c4ccc(CCCCC)cc4)c4ccccc43)c3ccccc32)cc1. The highest BCUT2D eigenvalue weighted by Gasteiger charge is 2.25. The lowest BCUT2D eigenvalue weighted by Crippen LogP contribution is -2.16. The zero-order valence-electron chi connectivity index (χ0n) is 25.4. The normalized spacial score (nSPS) is 16.4. The predicted octanol–water partition coefficient (Wildman–Crippen LogP) is 9.96. The average molecular weight is 564 g/mol. The second-order valence-corrected chi connectivity index (χ2v) is 11.6. The molecule has 3 heteroatoms. The Bertz CT molecular complexity index is 1680. The second kappa shape index (κ2) is 13.6. The summed E-state index contributed by atoms with van der Waals surface area (Å²) in [7, 11) is 0. The maximum Gasteiger partial charge on any atom is 0.162 e. The molecule has 0 saturated carbocycles. The topological polar surface area (TPSA) is 36.8 Å². The van der Waals surface area contributed by atoms with Gasteiger partial charge in [-0.15, -0.1) is 0 Å². The summed E-state index contributed by atoms with van der Waals surface area (Å²) in [6, 6.07) is 34.8. The summed E-state index contributed by atoms with van der Waals surface area (Å²) < 4.78 is 0. The van der Waals surface area contributed by atoms with Crippen molar-refractivity contribution in [2.75, 3.05) is 0 Å². The first-order chi connectivity index (χ1) is 21.2. The largest absolute Gasteiger partial charge is 0.339 e. The molecule has 0 unspecified atom stereocenters. The van der Waals surface area contributed by atoms with Crippen molar-refractivity contribution in [3.63, 3.8) is 0 Å². The summed E-state index contributed by atoms with van der Waals surface area (Å²) in [5, 5.41) is 3.62. The molecular weight excluding hydrogens is 522 g/mol. The van der Waals surface area contributed by atoms with Crippen LogP contribution in [0.2, 0.25) is 0 Å². The number of fused-ring (bicyclic) bond motifs is 2. The highest BCUT2D eigenvalue weighted by Crippen LogP contribution is 2.33. The van der Waals surface area contributed by atoms with E-state index in [1.165, 1.54) is 55.2 Å². The van der Waals surface area contributed by atoms with Gasteiger partial charge in [0.25, 0.3) is 0 Å². The van der Waals surface area contributed by atoms with E-state index < -0.39 is 0 Å². The fourth-order valence-electron chi connectivity index (χ4n) is 5.87. The Hall–Kier alpha value is -4.50. The number of nitrogens with one attached hydrogen (secondary N) is 1. The molecule has 6 rings (SSSR count). The van der Waals surface area contributed by atoms with Crippen molar-refractivity contribution in [2.24, 2.45) is 9.98 Å². The molecule has 0 spiro atoms. The average Bonchev–Trinajstić information content (AvgIpc) is 3.57. The molecule has 0 atom stereocenters. The van der Waals surface area contributed by atoms with E-state index in [1.54, 1.807) is 0 Å². The third-order valence-corrected chi connectivity index (χ3v) is 8.33. The smallest absolute Gasteiger partial charge is 0.162 e. The first kappa shape index (κ1) is 28.6. The molecular formula is C40H41N3. The van der Waals surface area contributed by atoms with E-state index in [0.29, 0.717) is 0 Å². The van der Waals surface area contributed by atoms with E-state index in [4.69, 9.17) is 9.98 Å². The fourth-order valence-corrected chi connectivity index (χ4v) is 5.87. The zero-order chi connectivity index (χ0) is 29.4. The minimum absolute atomic E-state index is 0.744. The number of nitrogens with zero attached hydrogens (tertiary/aromatic N) is 2. The Morgan fingerprint density at radius 1 is 0.581 bits per heavy atom. The fraction of sp³-hybridized carbons (Fsp3) is 0.250. The van der Waals surface area contributed by atoms with Gasteiger partial charge in [0.2, 0.25) is 0 Å². The molecule has 0 saturated heterocycles. The Balaban J connectivity index is 1.27. The van der Waals surface area contributed by atoms with Gasteiger partial charge in [-0.25, -0.2) is 9.98 Å². The molecule has 4 aromatic carbocycles. The molecule has 0 aromatic heterocycles. The van der Waals surface area contributed by atoms with Gasteiger partial charge in [0.1, 0.15) is 5.84 Å². The molecule has 43 heavy (non-hydrogen) atoms. The van der Waals surface area contributed by atoms with Gasteiger partial charge < -0.3 is 5.32 Å². The van der Waals surface area contributed by atoms with Crippen LogP contribution in [0.1, 0.15) is 96.9 Å². The summed E-state index contributed by atoms with van der Waals surface area (Å²) in [4.78, 5) is 10.2. The lowest BCUT2D eigenvalue weighted by atomic mass is 10.0. The minimum atomic E-state index is 0.744. The molecule has 0 radical (unpaired) electrons. The van der Waals surface area contributed by atoms with Crippen molar-refractivity contribution in [1.82, 2.24) is 5.32 Å². The van der Waals surface area contributed by atoms with Gasteiger partial charge in [-0.05, 0) is 60.1 Å². The van der Waals surface area contributed by atoms with Gasteiger partial charge in [0.15, 0.2) is 5.84 Å². The molecule has 0 bridgehead atoms. The zero-order valence-corrected chi connectivity index (χ0v) is 25.4. The van der Waals surface area contributed by atoms with Crippen LogP contribution < -0.4 is 5.32 Å². The second-order valence-electron chi connectivity index (χ2n) is 11.6. The number of aliphatic imine (C=N–C) groups is 2. The molecule has 0 aliphatic carbocycles. The van der Waals surface area contributed by atoms with Crippen molar-refractivity contribution in [3.05, 3.63) is 142 Å². The van der Waals surface area contributed by atoms with Crippen LogP contribution in [0.25, 0.3) is 23.5 Å². The molecule has 2 aliphatic heterocycles. The van der Waals surface area contributed by atoms with E-state index in [9.17, 15) is 0 Å². The number of aryl methyl sites for hydroxylation is 2. The maximum atomic E-state index is 5.13. The van der Waals surface area contributed by atoms with Crippen molar-refractivity contribution in [2.45, 2.75) is 65.2 Å². The Kier molecular flexibility index (Phi) is 9.08. The van der Waals surface area contributed by atoms with E-state index >= 15 is 0 Å². The highest BCUT2D eigenvalue weighted by molar-refractivity contribution is 6.22. The van der Waals surface area contributed by atoms with Gasteiger partial charge in [-0.2, -0.15) is 0 Å². The monoisotopic (exact) mass is 563 g/mol. The Morgan fingerprint density at radius 2 is 1.12 bits per heavy atom. The Morgan fingerprint density at radius 3 is 1.72 bits per heavy atom. The third kappa shape index (κ3) is 6.78. The van der Waals surface area contributed by atoms with Gasteiger partial charge in [-0.3, -0.25) is 0 Å². The quantitative estimate of drug-likeness (QED) is 0.192. The number of unbranched alkanes of at least 4 members (excludes halogenated alkanes) is 4. The predicted molar refractivity (Wildman–Crippen MR) is 184 cm³/mol. The molecule has 216 valence electrons. The Labute approximate surface area is 256 Å². The molecule has 4 aromatic rings. The van der Waals surface area contributed by atoms with E-state index in [2.05, 4.69) is 128 Å². The summed E-state index contributed by atoms with van der Waals surface area (Å²) in [6.45, 7) is 4.50. The van der Waals surface area contributed by atoms with Crippen LogP contribution >= 0.6 is 0 Å². The maximum absolute atomic E-state index is 5.13. The van der Waals surface area contributed by atoms with E-state index in [-0.39, 0.29) is 0 Å². The lowest BCUT2D eigenvalue weighted by Gasteiger charge is -2.04. The summed E-state index contributed by atoms with van der Waals surface area (Å²) >= 11 is 0. The number of amidine groups is 2. The molecule has 0 amide bonds. The molecule has 1 N–H and O–H groups in total. The van der Waals surface area contributed by atoms with Crippen LogP contribution in [0, 0.1) is 0 Å². The number of hydrogen-bond donors (Lipinski definition) is 1. The third-order valence-electron chi connectivity index (χ3n) is 8.33. The van der Waals surface area contributed by atoms with Crippen LogP contribution in [0.3, 0.4) is 0 Å². The van der Waals surface area contributed by atoms with E-state index in [1.807, 2.05) is 0 Å². The lowest BCUT2D eigenvalue weighted by molar-refractivity contribution is 0.717. The van der Waals surface area contributed by atoms with Crippen LogP contribution in [-0.4, -0.2) is 11.7 Å². The van der Waals surface area contributed by atoms with Gasteiger partial charge in [0, 0.05) is 28.0 Å². The van der Waals surface area contributed by atoms with Gasteiger partial charge >= 0.3 is 0 Å². The standard InChI is InChI=1S/C40H41N3/c1-3-5-7-13-29-19-23-31(24-20-29)27-37-33-15-9-11-17-35(33)39(41-37)43-40-36-18-12-10-16-34(36)38(42-40)28-32-25-21-30(22-26-32)14-8-6-4-2/h9-12,15-28H,3-8,13-14H2,1-2H3,(H,41,42,43)/b37-27+,38-28+. The summed E-state index contributed by atoms with van der Waals surface area (Å²) in [5.41, 5.74) is 11.6. The van der Waals surface area contributed by atoms with Crippen molar-refractivity contribution in [1.29, 1.82) is 0 Å². The van der Waals surface area contributed by atoms with Gasteiger partial charge in [0.05, 0.1) is 5.70 Å². The number of hydrogen-bond acceptors (Lipinski definition) is 2. The summed E-state index contributed by atoms with van der Waals surface area (Å²) in [6.07, 6.45) is 14.3. The van der Waals surface area contributed by atoms with Gasteiger partial charge in [-0.1, -0.05) is 137 Å². The van der Waals surface area contributed by atoms with Crippen LogP contribution in [0.5, 0.6) is 0 Å². The minimum Gasteiger partial charge on any atom is -0.339 e. The van der Waals surface area contributed by atoms with Crippen LogP contribution in [0.15, 0.2) is 107 Å². The van der Waals surface area contributed by atoms with Crippen LogP contribution in [-0.2, 0) is 12.8 Å². The first-order valence-corrected chi connectivity index (χ1v) is 16.0. The molecule has 2 aliphatic rings. The molecule has 3 nitrogen and oxygen atoms in total. The van der Waals surface area contributed by atoms with Crippen molar-refractivity contribution in [3.8, 4) is 0 Å². The number of benzene rings is 4. The highest BCUT2D eigenvalue weighted by atomic mass is 15.1. The molecule has 0 fully saturated rings. The molecule has 2 heterocycles. The van der Waals surface area contributed by atoms with Crippen molar-refractivity contribution < 1.29 is 0 Å². The van der Waals surface area contributed by atoms with E-state index in [0.717, 1.165) is 63.7 Å².